The Kier molecular flexibility index (Phi) is 6.62. The van der Waals surface area contributed by atoms with E-state index in [1.165, 1.54) is 18.2 Å². The number of allylic oxidation sites excluding steroid dienone is 3. The first-order valence-corrected chi connectivity index (χ1v) is 9.27. The van der Waals surface area contributed by atoms with Gasteiger partial charge in [0.25, 0.3) is 5.69 Å². The average molecular weight is 412 g/mol. The highest BCUT2D eigenvalue weighted by Gasteiger charge is 2.34. The molecule has 1 aromatic carbocycles. The van der Waals surface area contributed by atoms with Crippen LogP contribution < -0.4 is 10.6 Å². The summed E-state index contributed by atoms with van der Waals surface area (Å²) in [6.45, 7) is 8.17. The zero-order valence-corrected chi connectivity index (χ0v) is 17.5. The molecule has 9 nitrogen and oxygen atoms in total. The van der Waals surface area contributed by atoms with Crippen molar-refractivity contribution in [3.8, 4) is 6.07 Å². The summed E-state index contributed by atoms with van der Waals surface area (Å²) in [4.78, 5) is 35.6. The molecule has 0 spiro atoms. The Morgan fingerprint density at radius 2 is 1.97 bits per heavy atom. The number of hydrogen-bond donors (Lipinski definition) is 2. The predicted molar refractivity (Wildman–Crippen MR) is 109 cm³/mol. The van der Waals surface area contributed by atoms with Gasteiger partial charge in [0.2, 0.25) is 5.91 Å². The molecule has 0 saturated carbocycles. The number of dihydropyridines is 1. The fourth-order valence-electron chi connectivity index (χ4n) is 3.22. The first-order chi connectivity index (χ1) is 13.9. The first kappa shape index (κ1) is 22.6. The van der Waals surface area contributed by atoms with Crippen molar-refractivity contribution in [2.45, 2.75) is 46.1 Å². The number of nitrogens with one attached hydrogen (secondary N) is 2. The summed E-state index contributed by atoms with van der Waals surface area (Å²) in [7, 11) is 0. The third kappa shape index (κ3) is 5.23. The number of rotatable bonds is 5. The highest BCUT2D eigenvalue weighted by atomic mass is 16.6. The summed E-state index contributed by atoms with van der Waals surface area (Å²) in [5.41, 5.74) is 1.11. The largest absolute Gasteiger partial charge is 0.459 e. The molecule has 1 aliphatic heterocycles. The molecule has 2 N–H and O–H groups in total. The maximum absolute atomic E-state index is 13.0. The molecule has 1 aliphatic rings. The second kappa shape index (κ2) is 8.78. The lowest BCUT2D eigenvalue weighted by molar-refractivity contribution is -0.384. The standard InChI is InChI=1S/C21H24N4O5/c1-12-16(10-22)19(14-7-6-8-15(9-14)25(28)29)18(13(2)24-12)20(27)23-11-17(26)30-21(3,4)5/h6-9,19,24H,11H2,1-5H3,(H,23,27). The second-order valence-corrected chi connectivity index (χ2v) is 7.87. The van der Waals surface area contributed by atoms with E-state index in [0.717, 1.165) is 0 Å². The third-order valence-corrected chi connectivity index (χ3v) is 4.35. The molecular weight excluding hydrogens is 388 g/mol. The van der Waals surface area contributed by atoms with Crippen molar-refractivity contribution >= 4 is 17.6 Å². The summed E-state index contributed by atoms with van der Waals surface area (Å²) in [6.07, 6.45) is 0. The number of ether oxygens (including phenoxy) is 1. The van der Waals surface area contributed by atoms with Crippen LogP contribution in [0.25, 0.3) is 0 Å². The Morgan fingerprint density at radius 1 is 1.30 bits per heavy atom. The van der Waals surface area contributed by atoms with Crippen molar-refractivity contribution in [1.82, 2.24) is 10.6 Å². The van der Waals surface area contributed by atoms with E-state index in [1.807, 2.05) is 0 Å². The highest BCUT2D eigenvalue weighted by molar-refractivity contribution is 5.98. The number of amides is 1. The van der Waals surface area contributed by atoms with Gasteiger partial charge in [-0.05, 0) is 40.2 Å². The molecule has 1 atom stereocenters. The lowest BCUT2D eigenvalue weighted by Gasteiger charge is -2.29. The Morgan fingerprint density at radius 3 is 2.53 bits per heavy atom. The van der Waals surface area contributed by atoms with E-state index in [4.69, 9.17) is 4.74 Å². The third-order valence-electron chi connectivity index (χ3n) is 4.35. The minimum atomic E-state index is -0.810. The topological polar surface area (TPSA) is 134 Å². The van der Waals surface area contributed by atoms with Crippen LogP contribution in [0.1, 0.15) is 46.1 Å². The fourth-order valence-corrected chi connectivity index (χ4v) is 3.22. The first-order valence-electron chi connectivity index (χ1n) is 9.27. The monoisotopic (exact) mass is 412 g/mol. The number of nitrogens with zero attached hydrogens (tertiary/aromatic N) is 2. The smallest absolute Gasteiger partial charge is 0.325 e. The maximum atomic E-state index is 13.0. The van der Waals surface area contributed by atoms with Gasteiger partial charge in [-0.1, -0.05) is 12.1 Å². The number of nitriles is 1. The van der Waals surface area contributed by atoms with E-state index in [2.05, 4.69) is 16.7 Å². The van der Waals surface area contributed by atoms with Gasteiger partial charge in [0, 0.05) is 29.1 Å². The van der Waals surface area contributed by atoms with Crippen molar-refractivity contribution in [2.75, 3.05) is 6.54 Å². The molecule has 1 heterocycles. The Bertz CT molecular complexity index is 995. The van der Waals surface area contributed by atoms with Crippen LogP contribution in [-0.4, -0.2) is 28.9 Å². The zero-order chi connectivity index (χ0) is 22.6. The van der Waals surface area contributed by atoms with Crippen molar-refractivity contribution in [3.05, 3.63) is 62.5 Å². The summed E-state index contributed by atoms with van der Waals surface area (Å²) in [5.74, 6) is -1.98. The molecule has 0 fully saturated rings. The van der Waals surface area contributed by atoms with Gasteiger partial charge < -0.3 is 15.4 Å². The van der Waals surface area contributed by atoms with Gasteiger partial charge in [0.05, 0.1) is 22.5 Å². The highest BCUT2D eigenvalue weighted by Crippen LogP contribution is 2.38. The molecule has 30 heavy (non-hydrogen) atoms. The van der Waals surface area contributed by atoms with Gasteiger partial charge in [0.1, 0.15) is 12.1 Å². The van der Waals surface area contributed by atoms with Crippen LogP contribution in [0.4, 0.5) is 5.69 Å². The number of benzene rings is 1. The van der Waals surface area contributed by atoms with Gasteiger partial charge in [-0.25, -0.2) is 0 Å². The zero-order valence-electron chi connectivity index (χ0n) is 17.5. The lowest BCUT2D eigenvalue weighted by atomic mass is 9.80. The summed E-state index contributed by atoms with van der Waals surface area (Å²) in [5, 5.41) is 26.4. The molecule has 0 saturated heterocycles. The molecule has 0 bridgehead atoms. The average Bonchev–Trinajstić information content (AvgIpc) is 2.64. The minimum Gasteiger partial charge on any atom is -0.459 e. The van der Waals surface area contributed by atoms with Gasteiger partial charge >= 0.3 is 5.97 Å². The maximum Gasteiger partial charge on any atom is 0.325 e. The van der Waals surface area contributed by atoms with Crippen LogP contribution in [0.3, 0.4) is 0 Å². The van der Waals surface area contributed by atoms with Crippen LogP contribution in [0, 0.1) is 21.4 Å². The number of nitro benzene ring substituents is 1. The molecule has 0 aliphatic carbocycles. The lowest BCUT2D eigenvalue weighted by Crippen LogP contribution is -2.38. The number of non-ortho nitro benzene ring substituents is 1. The van der Waals surface area contributed by atoms with Crippen LogP contribution in [0.15, 0.2) is 46.8 Å². The number of esters is 1. The van der Waals surface area contributed by atoms with E-state index in [1.54, 1.807) is 40.7 Å². The molecule has 1 aromatic rings. The predicted octanol–water partition coefficient (Wildman–Crippen LogP) is 2.81. The number of carbonyl (C=O) groups is 2. The fraction of sp³-hybridized carbons (Fsp3) is 0.381. The van der Waals surface area contributed by atoms with Crippen LogP contribution in [-0.2, 0) is 14.3 Å². The summed E-state index contributed by atoms with van der Waals surface area (Å²) < 4.78 is 5.19. The summed E-state index contributed by atoms with van der Waals surface area (Å²) in [6, 6.07) is 7.91. The molecule has 9 heteroatoms. The van der Waals surface area contributed by atoms with Crippen molar-refractivity contribution in [1.29, 1.82) is 5.26 Å². The number of hydrogen-bond acceptors (Lipinski definition) is 7. The van der Waals surface area contributed by atoms with E-state index in [9.17, 15) is 25.0 Å². The minimum absolute atomic E-state index is 0.146. The Labute approximate surface area is 174 Å². The van der Waals surface area contributed by atoms with Crippen LogP contribution in [0.5, 0.6) is 0 Å². The van der Waals surface area contributed by atoms with Crippen LogP contribution >= 0.6 is 0 Å². The van der Waals surface area contributed by atoms with E-state index < -0.39 is 28.3 Å². The molecular formula is C21H24N4O5. The van der Waals surface area contributed by atoms with Gasteiger partial charge in [-0.2, -0.15) is 5.26 Å². The van der Waals surface area contributed by atoms with Crippen molar-refractivity contribution < 1.29 is 19.2 Å². The molecule has 1 unspecified atom stereocenters. The summed E-state index contributed by atoms with van der Waals surface area (Å²) >= 11 is 0. The number of nitro groups is 1. The van der Waals surface area contributed by atoms with Gasteiger partial charge in [0.15, 0.2) is 0 Å². The van der Waals surface area contributed by atoms with Gasteiger partial charge in [-0.15, -0.1) is 0 Å². The molecule has 2 rings (SSSR count). The van der Waals surface area contributed by atoms with E-state index in [-0.39, 0.29) is 23.4 Å². The van der Waals surface area contributed by atoms with Crippen molar-refractivity contribution in [3.63, 3.8) is 0 Å². The second-order valence-electron chi connectivity index (χ2n) is 7.87. The molecule has 0 aromatic heterocycles. The number of carbonyl (C=O) groups excluding carboxylic acids is 2. The molecule has 158 valence electrons. The van der Waals surface area contributed by atoms with Crippen LogP contribution in [0.2, 0.25) is 0 Å². The normalized spacial score (nSPS) is 16.5. The van der Waals surface area contributed by atoms with Gasteiger partial charge in [-0.3, -0.25) is 19.7 Å². The Balaban J connectivity index is 2.40. The molecule has 0 radical (unpaired) electrons. The SMILES string of the molecule is CC1=C(C#N)C(c2cccc([N+](=O)[O-])c2)C(C(=O)NCC(=O)OC(C)(C)C)=C(C)N1. The molecule has 1 amide bonds. The quantitative estimate of drug-likeness (QED) is 0.431. The Hall–Kier alpha value is -3.67. The van der Waals surface area contributed by atoms with E-state index in [0.29, 0.717) is 17.0 Å². The van der Waals surface area contributed by atoms with E-state index >= 15 is 0 Å². The van der Waals surface area contributed by atoms with Crippen molar-refractivity contribution in [2.24, 2.45) is 0 Å².